The third-order valence-corrected chi connectivity index (χ3v) is 8.29. The van der Waals surface area contributed by atoms with Gasteiger partial charge in [-0.15, -0.1) is 0 Å². The highest BCUT2D eigenvalue weighted by molar-refractivity contribution is 7.89. The fourth-order valence-corrected chi connectivity index (χ4v) is 6.26. The summed E-state index contributed by atoms with van der Waals surface area (Å²) in [5, 5.41) is 6.11. The minimum Gasteiger partial charge on any atom is -0.352 e. The summed E-state index contributed by atoms with van der Waals surface area (Å²) in [5.74, 6) is -0.0245. The number of nitrogens with one attached hydrogen (secondary N) is 2. The molecule has 10 heteroatoms. The Kier molecular flexibility index (Phi) is 7.32. The minimum atomic E-state index is -4.61. The summed E-state index contributed by atoms with van der Waals surface area (Å²) in [7, 11) is -2.29. The van der Waals surface area contributed by atoms with E-state index in [1.165, 1.54) is 10.4 Å². The van der Waals surface area contributed by atoms with Gasteiger partial charge in [0.2, 0.25) is 15.9 Å². The van der Waals surface area contributed by atoms with Crippen LogP contribution < -0.4 is 10.6 Å². The highest BCUT2D eigenvalue weighted by Crippen LogP contribution is 2.40. The molecular weight excluding hydrogens is 431 g/mol. The van der Waals surface area contributed by atoms with Crippen LogP contribution in [0.2, 0.25) is 0 Å². The number of fused-ring (bicyclic) bond motifs is 1. The maximum atomic E-state index is 13.0. The monoisotopic (exact) mass is 461 g/mol. The van der Waals surface area contributed by atoms with E-state index in [1.54, 1.807) is 7.05 Å². The van der Waals surface area contributed by atoms with Crippen molar-refractivity contribution >= 4 is 15.9 Å². The first-order valence-corrected chi connectivity index (χ1v) is 12.2. The van der Waals surface area contributed by atoms with Crippen molar-refractivity contribution in [1.82, 2.24) is 14.9 Å². The summed E-state index contributed by atoms with van der Waals surface area (Å²) in [6.45, 7) is 2.53. The molecule has 1 amide bonds. The molecule has 1 saturated carbocycles. The second-order valence-electron chi connectivity index (χ2n) is 8.45. The Morgan fingerprint density at radius 3 is 2.65 bits per heavy atom. The molecule has 1 aliphatic heterocycles. The van der Waals surface area contributed by atoms with Gasteiger partial charge in [-0.2, -0.15) is 17.5 Å². The molecule has 1 aromatic rings. The van der Waals surface area contributed by atoms with Gasteiger partial charge in [-0.25, -0.2) is 8.42 Å². The average Bonchev–Trinajstić information content (AvgIpc) is 3.30. The molecule has 2 fully saturated rings. The number of halogens is 3. The van der Waals surface area contributed by atoms with E-state index in [4.69, 9.17) is 0 Å². The van der Waals surface area contributed by atoms with Crippen LogP contribution in [0.4, 0.5) is 13.2 Å². The smallest absolute Gasteiger partial charge is 0.352 e. The predicted octanol–water partition coefficient (Wildman–Crippen LogP) is 3.00. The number of unbranched alkanes of at least 4 members (excludes halogenated alkanes) is 1. The van der Waals surface area contributed by atoms with E-state index in [2.05, 4.69) is 17.6 Å². The summed E-state index contributed by atoms with van der Waals surface area (Å²) in [4.78, 5) is 12.3. The Hall–Kier alpha value is -1.65. The van der Waals surface area contributed by atoms with E-state index in [9.17, 15) is 26.4 Å². The van der Waals surface area contributed by atoms with Gasteiger partial charge in [-0.1, -0.05) is 25.8 Å². The Labute approximate surface area is 181 Å². The molecule has 1 aromatic carbocycles. The molecule has 0 bridgehead atoms. The van der Waals surface area contributed by atoms with Crippen LogP contribution in [0.1, 0.15) is 44.6 Å². The molecule has 4 atom stereocenters. The Morgan fingerprint density at radius 1 is 1.26 bits per heavy atom. The lowest BCUT2D eigenvalue weighted by Gasteiger charge is -2.24. The van der Waals surface area contributed by atoms with E-state index in [0.29, 0.717) is 6.07 Å². The lowest BCUT2D eigenvalue weighted by atomic mass is 9.97. The SMILES string of the molecule is CCCC[C@H](NC)C(=O)N[C@H]1CC[C@@H]2CN(S(=O)(=O)c3cccc(C(F)(F)F)c3)C[C@@H]21. The van der Waals surface area contributed by atoms with Crippen molar-refractivity contribution in [3.63, 3.8) is 0 Å². The first-order valence-electron chi connectivity index (χ1n) is 10.7. The number of carbonyl (C=O) groups is 1. The largest absolute Gasteiger partial charge is 0.416 e. The van der Waals surface area contributed by atoms with Crippen LogP contribution in [-0.2, 0) is 21.0 Å². The molecule has 2 N–H and O–H groups in total. The number of rotatable bonds is 8. The Bertz CT molecular complexity index is 891. The first-order chi connectivity index (χ1) is 14.6. The van der Waals surface area contributed by atoms with Crippen LogP contribution >= 0.6 is 0 Å². The van der Waals surface area contributed by atoms with Gasteiger partial charge in [-0.3, -0.25) is 4.79 Å². The molecule has 0 radical (unpaired) electrons. The van der Waals surface area contributed by atoms with E-state index < -0.39 is 21.8 Å². The molecule has 1 heterocycles. The number of hydrogen-bond acceptors (Lipinski definition) is 4. The Morgan fingerprint density at radius 2 is 2.00 bits per heavy atom. The first kappa shape index (κ1) is 24.0. The van der Waals surface area contributed by atoms with Gasteiger partial charge in [0.05, 0.1) is 16.5 Å². The number of hydrogen-bond donors (Lipinski definition) is 2. The number of sulfonamides is 1. The quantitative estimate of drug-likeness (QED) is 0.624. The van der Waals surface area contributed by atoms with Gasteiger partial charge in [-0.05, 0) is 56.3 Å². The van der Waals surface area contributed by atoms with Gasteiger partial charge < -0.3 is 10.6 Å². The van der Waals surface area contributed by atoms with Crippen LogP contribution in [0.3, 0.4) is 0 Å². The van der Waals surface area contributed by atoms with E-state index in [-0.39, 0.29) is 47.8 Å². The van der Waals surface area contributed by atoms with Crippen LogP contribution in [0.25, 0.3) is 0 Å². The summed E-state index contributed by atoms with van der Waals surface area (Å²) in [6.07, 6.45) is -0.396. The fraction of sp³-hybridized carbons (Fsp3) is 0.667. The number of carbonyl (C=O) groups excluding carboxylic acids is 1. The molecular formula is C21H30F3N3O3S. The zero-order chi connectivity index (χ0) is 22.8. The van der Waals surface area contributed by atoms with Crippen LogP contribution in [0, 0.1) is 11.8 Å². The maximum Gasteiger partial charge on any atom is 0.416 e. The van der Waals surface area contributed by atoms with Crippen molar-refractivity contribution in [3.8, 4) is 0 Å². The van der Waals surface area contributed by atoms with Crippen LogP contribution in [0.15, 0.2) is 29.2 Å². The summed E-state index contributed by atoms with van der Waals surface area (Å²) in [6, 6.07) is 3.45. The lowest BCUT2D eigenvalue weighted by Crippen LogP contribution is -2.48. The molecule has 6 nitrogen and oxygen atoms in total. The fourth-order valence-electron chi connectivity index (χ4n) is 4.68. The summed E-state index contributed by atoms with van der Waals surface area (Å²) >= 11 is 0. The van der Waals surface area contributed by atoms with E-state index >= 15 is 0 Å². The highest BCUT2D eigenvalue weighted by atomic mass is 32.2. The van der Waals surface area contributed by atoms with Gasteiger partial charge in [0.15, 0.2) is 0 Å². The molecule has 0 spiro atoms. The lowest BCUT2D eigenvalue weighted by molar-refractivity contribution is -0.137. The normalized spacial score (nSPS) is 25.4. The third-order valence-electron chi connectivity index (χ3n) is 6.46. The molecule has 2 aliphatic rings. The number of alkyl halides is 3. The zero-order valence-electron chi connectivity index (χ0n) is 17.8. The number of likely N-dealkylation sites (N-methyl/N-ethyl adjacent to an activating group) is 1. The molecule has 0 aromatic heterocycles. The van der Waals surface area contributed by atoms with Crippen molar-refractivity contribution < 1.29 is 26.4 Å². The predicted molar refractivity (Wildman–Crippen MR) is 111 cm³/mol. The molecule has 0 unspecified atom stereocenters. The van der Waals surface area contributed by atoms with Crippen LogP contribution in [-0.4, -0.2) is 50.9 Å². The number of amides is 1. The zero-order valence-corrected chi connectivity index (χ0v) is 18.6. The second-order valence-corrected chi connectivity index (χ2v) is 10.4. The standard InChI is InChI=1S/C21H30F3N3O3S/c1-3-4-8-19(25-2)20(28)26-18-10-9-14-12-27(13-17(14)18)31(29,30)16-7-5-6-15(11-16)21(22,23)24/h5-7,11,14,17-19,25H,3-4,8-10,12-13H2,1-2H3,(H,26,28)/t14-,17+,18+,19+/m1/s1. The minimum absolute atomic E-state index is 0.0341. The number of nitrogens with zero attached hydrogens (tertiary/aromatic N) is 1. The maximum absolute atomic E-state index is 13.0. The molecule has 1 aliphatic carbocycles. The summed E-state index contributed by atoms with van der Waals surface area (Å²) < 4.78 is 66.3. The average molecular weight is 462 g/mol. The molecule has 3 rings (SSSR count). The topological polar surface area (TPSA) is 78.5 Å². The van der Waals surface area contributed by atoms with Crippen LogP contribution in [0.5, 0.6) is 0 Å². The van der Waals surface area contributed by atoms with Gasteiger partial charge in [0, 0.05) is 19.1 Å². The van der Waals surface area contributed by atoms with Crippen molar-refractivity contribution in [3.05, 3.63) is 29.8 Å². The second kappa shape index (κ2) is 9.46. The highest BCUT2D eigenvalue weighted by Gasteiger charge is 2.47. The summed E-state index contributed by atoms with van der Waals surface area (Å²) in [5.41, 5.74) is -0.983. The van der Waals surface area contributed by atoms with Crippen molar-refractivity contribution in [2.45, 2.75) is 62.2 Å². The molecule has 1 saturated heterocycles. The Balaban J connectivity index is 1.70. The third kappa shape index (κ3) is 5.23. The molecule has 31 heavy (non-hydrogen) atoms. The van der Waals surface area contributed by atoms with Gasteiger partial charge in [0.1, 0.15) is 0 Å². The van der Waals surface area contributed by atoms with Crippen molar-refractivity contribution in [2.75, 3.05) is 20.1 Å². The van der Waals surface area contributed by atoms with Gasteiger partial charge in [0.25, 0.3) is 0 Å². The van der Waals surface area contributed by atoms with Crippen molar-refractivity contribution in [1.29, 1.82) is 0 Å². The van der Waals surface area contributed by atoms with E-state index in [0.717, 1.165) is 44.2 Å². The number of benzene rings is 1. The molecule has 174 valence electrons. The van der Waals surface area contributed by atoms with Gasteiger partial charge >= 0.3 is 6.18 Å². The van der Waals surface area contributed by atoms with Crippen molar-refractivity contribution in [2.24, 2.45) is 11.8 Å². The van der Waals surface area contributed by atoms with E-state index in [1.807, 2.05) is 0 Å².